The van der Waals surface area contributed by atoms with Crippen LogP contribution in [0.3, 0.4) is 0 Å². The maximum absolute atomic E-state index is 8.95. The molecule has 1 aromatic carbocycles. The Morgan fingerprint density at radius 1 is 1.21 bits per heavy atom. The van der Waals surface area contributed by atoms with E-state index in [0.29, 0.717) is 24.9 Å². The van der Waals surface area contributed by atoms with Gasteiger partial charge in [0.05, 0.1) is 13.2 Å². The first-order chi connectivity index (χ1) is 9.22. The smallest absolute Gasteiger partial charge is 0.247 e. The second-order valence-electron chi connectivity index (χ2n) is 4.46. The van der Waals surface area contributed by atoms with Crippen molar-refractivity contribution in [2.24, 2.45) is 0 Å². The molecule has 5 nitrogen and oxygen atoms in total. The number of rotatable bonds is 6. The quantitative estimate of drug-likeness (QED) is 0.860. The Kier molecular flexibility index (Phi) is 4.65. The molecule has 0 saturated carbocycles. The molecule has 0 aliphatic heterocycles. The highest BCUT2D eigenvalue weighted by atomic mass is 16.4. The highest BCUT2D eigenvalue weighted by Gasteiger charge is 2.11. The van der Waals surface area contributed by atoms with Crippen LogP contribution in [0, 0.1) is 6.92 Å². The second kappa shape index (κ2) is 6.45. The SMILES string of the molecule is CCN(CCO)Cc1nnc(-c2ccc(C)cc2)o1. The molecule has 0 saturated heterocycles. The number of aryl methyl sites for hydroxylation is 1. The van der Waals surface area contributed by atoms with E-state index in [1.165, 1.54) is 5.56 Å². The third kappa shape index (κ3) is 3.62. The zero-order valence-corrected chi connectivity index (χ0v) is 11.3. The normalized spacial score (nSPS) is 11.2. The van der Waals surface area contributed by atoms with Gasteiger partial charge in [-0.25, -0.2) is 0 Å². The average Bonchev–Trinajstić information content (AvgIpc) is 2.87. The summed E-state index contributed by atoms with van der Waals surface area (Å²) in [5.41, 5.74) is 2.12. The van der Waals surface area contributed by atoms with Gasteiger partial charge in [0, 0.05) is 12.1 Å². The third-order valence-electron chi connectivity index (χ3n) is 2.99. The van der Waals surface area contributed by atoms with E-state index in [1.807, 2.05) is 43.0 Å². The standard InChI is InChI=1S/C14H19N3O2/c1-3-17(8-9-18)10-13-15-16-14(19-13)12-6-4-11(2)5-7-12/h4-7,18H,3,8-10H2,1-2H3. The Labute approximate surface area is 112 Å². The van der Waals surface area contributed by atoms with Crippen LogP contribution in [0.5, 0.6) is 0 Å². The van der Waals surface area contributed by atoms with Crippen molar-refractivity contribution in [3.63, 3.8) is 0 Å². The summed E-state index contributed by atoms with van der Waals surface area (Å²) in [5, 5.41) is 17.0. The van der Waals surface area contributed by atoms with Gasteiger partial charge in [0.25, 0.3) is 0 Å². The van der Waals surface area contributed by atoms with Gasteiger partial charge in [0.15, 0.2) is 0 Å². The maximum Gasteiger partial charge on any atom is 0.247 e. The van der Waals surface area contributed by atoms with E-state index in [0.717, 1.165) is 12.1 Å². The minimum Gasteiger partial charge on any atom is -0.419 e. The third-order valence-corrected chi connectivity index (χ3v) is 2.99. The predicted octanol–water partition coefficient (Wildman–Crippen LogP) is 1.86. The fourth-order valence-corrected chi connectivity index (χ4v) is 1.81. The van der Waals surface area contributed by atoms with Gasteiger partial charge in [-0.3, -0.25) is 4.90 Å². The highest BCUT2D eigenvalue weighted by Crippen LogP contribution is 2.18. The molecule has 0 radical (unpaired) electrons. The summed E-state index contributed by atoms with van der Waals surface area (Å²) in [7, 11) is 0. The van der Waals surface area contributed by atoms with Gasteiger partial charge in [0.2, 0.25) is 11.8 Å². The van der Waals surface area contributed by atoms with E-state index in [-0.39, 0.29) is 6.61 Å². The van der Waals surface area contributed by atoms with Gasteiger partial charge in [-0.2, -0.15) is 0 Å². The van der Waals surface area contributed by atoms with Crippen molar-refractivity contribution in [3.05, 3.63) is 35.7 Å². The van der Waals surface area contributed by atoms with Crippen molar-refractivity contribution < 1.29 is 9.52 Å². The predicted molar refractivity (Wildman–Crippen MR) is 72.5 cm³/mol. The van der Waals surface area contributed by atoms with Gasteiger partial charge in [-0.15, -0.1) is 10.2 Å². The van der Waals surface area contributed by atoms with Crippen molar-refractivity contribution in [1.82, 2.24) is 15.1 Å². The van der Waals surface area contributed by atoms with Crippen LogP contribution in [0.4, 0.5) is 0 Å². The molecule has 2 rings (SSSR count). The molecule has 102 valence electrons. The molecule has 0 aliphatic rings. The Morgan fingerprint density at radius 2 is 1.95 bits per heavy atom. The van der Waals surface area contributed by atoms with Crippen molar-refractivity contribution in [2.45, 2.75) is 20.4 Å². The zero-order chi connectivity index (χ0) is 13.7. The van der Waals surface area contributed by atoms with Crippen LogP contribution in [-0.2, 0) is 6.54 Å². The molecular formula is C14H19N3O2. The topological polar surface area (TPSA) is 62.4 Å². The van der Waals surface area contributed by atoms with Crippen molar-refractivity contribution in [3.8, 4) is 11.5 Å². The molecule has 2 aromatic rings. The first kappa shape index (κ1) is 13.7. The fraction of sp³-hybridized carbons (Fsp3) is 0.429. The molecule has 0 unspecified atom stereocenters. The molecular weight excluding hydrogens is 242 g/mol. The zero-order valence-electron chi connectivity index (χ0n) is 11.3. The first-order valence-corrected chi connectivity index (χ1v) is 6.45. The maximum atomic E-state index is 8.95. The van der Waals surface area contributed by atoms with Crippen molar-refractivity contribution in [1.29, 1.82) is 0 Å². The van der Waals surface area contributed by atoms with Crippen LogP contribution >= 0.6 is 0 Å². The van der Waals surface area contributed by atoms with Gasteiger partial charge < -0.3 is 9.52 Å². The summed E-state index contributed by atoms with van der Waals surface area (Å²) < 4.78 is 5.64. The van der Waals surface area contributed by atoms with Crippen molar-refractivity contribution >= 4 is 0 Å². The molecule has 0 bridgehead atoms. The molecule has 5 heteroatoms. The van der Waals surface area contributed by atoms with E-state index >= 15 is 0 Å². The lowest BCUT2D eigenvalue weighted by Gasteiger charge is -2.15. The molecule has 0 atom stereocenters. The largest absolute Gasteiger partial charge is 0.419 e. The fourth-order valence-electron chi connectivity index (χ4n) is 1.81. The number of aliphatic hydroxyl groups excluding tert-OH is 1. The lowest BCUT2D eigenvalue weighted by Crippen LogP contribution is -2.26. The molecule has 1 heterocycles. The molecule has 19 heavy (non-hydrogen) atoms. The number of benzene rings is 1. The van der Waals surface area contributed by atoms with E-state index in [4.69, 9.17) is 9.52 Å². The van der Waals surface area contributed by atoms with Crippen molar-refractivity contribution in [2.75, 3.05) is 19.7 Å². The number of nitrogens with zero attached hydrogens (tertiary/aromatic N) is 3. The summed E-state index contributed by atoms with van der Waals surface area (Å²) >= 11 is 0. The minimum absolute atomic E-state index is 0.132. The summed E-state index contributed by atoms with van der Waals surface area (Å²) in [6.07, 6.45) is 0. The summed E-state index contributed by atoms with van der Waals surface area (Å²) in [6, 6.07) is 7.97. The summed E-state index contributed by atoms with van der Waals surface area (Å²) in [6.45, 7) is 6.22. The van der Waals surface area contributed by atoms with Crippen LogP contribution in [0.2, 0.25) is 0 Å². The van der Waals surface area contributed by atoms with Crippen LogP contribution in [0.25, 0.3) is 11.5 Å². The van der Waals surface area contributed by atoms with E-state index in [9.17, 15) is 0 Å². The van der Waals surface area contributed by atoms with Crippen LogP contribution in [0.1, 0.15) is 18.4 Å². The lowest BCUT2D eigenvalue weighted by atomic mass is 10.1. The first-order valence-electron chi connectivity index (χ1n) is 6.45. The Balaban J connectivity index is 2.08. The molecule has 0 spiro atoms. The molecule has 1 aromatic heterocycles. The monoisotopic (exact) mass is 261 g/mol. The van der Waals surface area contributed by atoms with Crippen LogP contribution in [0.15, 0.2) is 28.7 Å². The number of aromatic nitrogens is 2. The van der Waals surface area contributed by atoms with Gasteiger partial charge >= 0.3 is 0 Å². The highest BCUT2D eigenvalue weighted by molar-refractivity contribution is 5.52. The van der Waals surface area contributed by atoms with E-state index < -0.39 is 0 Å². The Bertz CT molecular complexity index is 508. The average molecular weight is 261 g/mol. The van der Waals surface area contributed by atoms with Gasteiger partial charge in [-0.1, -0.05) is 24.6 Å². The number of hydrogen-bond acceptors (Lipinski definition) is 5. The summed E-state index contributed by atoms with van der Waals surface area (Å²) in [5.74, 6) is 1.11. The molecule has 1 N–H and O–H groups in total. The van der Waals surface area contributed by atoms with E-state index in [2.05, 4.69) is 10.2 Å². The number of hydrogen-bond donors (Lipinski definition) is 1. The summed E-state index contributed by atoms with van der Waals surface area (Å²) in [4.78, 5) is 2.05. The minimum atomic E-state index is 0.132. The molecule has 0 amide bonds. The van der Waals surface area contributed by atoms with Crippen LogP contribution < -0.4 is 0 Å². The van der Waals surface area contributed by atoms with Gasteiger partial charge in [-0.05, 0) is 25.6 Å². The number of likely N-dealkylation sites (N-methyl/N-ethyl adjacent to an activating group) is 1. The molecule has 0 aliphatic carbocycles. The van der Waals surface area contributed by atoms with Gasteiger partial charge in [0.1, 0.15) is 0 Å². The van der Waals surface area contributed by atoms with E-state index in [1.54, 1.807) is 0 Å². The van der Waals surface area contributed by atoms with Crippen LogP contribution in [-0.4, -0.2) is 39.9 Å². The second-order valence-corrected chi connectivity index (χ2v) is 4.46. The lowest BCUT2D eigenvalue weighted by molar-refractivity contribution is 0.185. The Hall–Kier alpha value is -1.72. The Morgan fingerprint density at radius 3 is 2.58 bits per heavy atom. The number of aliphatic hydroxyl groups is 1. The molecule has 0 fully saturated rings.